The highest BCUT2D eigenvalue weighted by Crippen LogP contribution is 2.32. The first kappa shape index (κ1) is 22.7. The molecule has 0 amide bonds. The van der Waals surface area contributed by atoms with E-state index in [4.69, 9.17) is 21.1 Å². The number of unbranched alkanes of at least 4 members (excludes halogenated alkanes) is 1. The number of hydrogen-bond acceptors (Lipinski definition) is 5. The Morgan fingerprint density at radius 1 is 1.13 bits per heavy atom. The van der Waals surface area contributed by atoms with Gasteiger partial charge in [0.2, 0.25) is 0 Å². The van der Waals surface area contributed by atoms with Crippen molar-refractivity contribution in [3.63, 3.8) is 0 Å². The molecule has 2 aromatic carbocycles. The lowest BCUT2D eigenvalue weighted by Crippen LogP contribution is -2.33. The highest BCUT2D eigenvalue weighted by molar-refractivity contribution is 7.90. The Morgan fingerprint density at radius 2 is 1.90 bits per heavy atom. The third kappa shape index (κ3) is 5.60. The van der Waals surface area contributed by atoms with Crippen molar-refractivity contribution in [2.24, 2.45) is 4.40 Å². The van der Waals surface area contributed by atoms with Gasteiger partial charge in [0.15, 0.2) is 0 Å². The molecule has 0 saturated carbocycles. The van der Waals surface area contributed by atoms with E-state index >= 15 is 0 Å². The van der Waals surface area contributed by atoms with Gasteiger partial charge in [-0.25, -0.2) is 0 Å². The van der Waals surface area contributed by atoms with Gasteiger partial charge in [0.05, 0.1) is 18.9 Å². The van der Waals surface area contributed by atoms with Crippen molar-refractivity contribution in [1.29, 1.82) is 0 Å². The Balaban J connectivity index is 1.57. The zero-order chi connectivity index (χ0) is 21.6. The quantitative estimate of drug-likeness (QED) is 0.522. The minimum absolute atomic E-state index is 0.178. The molecule has 6 nitrogen and oxygen atoms in total. The Bertz CT molecular complexity index is 991. The molecule has 8 heteroatoms. The molecule has 1 N–H and O–H groups in total. The maximum atomic E-state index is 12.5. The first-order valence-electron chi connectivity index (χ1n) is 10.0. The second-order valence-corrected chi connectivity index (χ2v) is 9.16. The lowest BCUT2D eigenvalue weighted by molar-refractivity contribution is 0.164. The molecule has 1 atom stereocenters. The van der Waals surface area contributed by atoms with E-state index in [-0.39, 0.29) is 4.90 Å². The minimum atomic E-state index is -3.74. The van der Waals surface area contributed by atoms with Gasteiger partial charge in [-0.05, 0) is 50.1 Å². The summed E-state index contributed by atoms with van der Waals surface area (Å²) in [6.45, 7) is 4.25. The molecule has 1 aliphatic heterocycles. The summed E-state index contributed by atoms with van der Waals surface area (Å²) in [4.78, 5) is 0.178. The molecule has 0 spiro atoms. The van der Waals surface area contributed by atoms with Gasteiger partial charge in [0.25, 0.3) is 10.0 Å². The van der Waals surface area contributed by atoms with Crippen LogP contribution in [0, 0.1) is 0 Å². The highest BCUT2D eigenvalue weighted by Gasteiger charge is 2.30. The third-order valence-electron chi connectivity index (χ3n) is 4.95. The average Bonchev–Trinajstić information content (AvgIpc) is 3.00. The fourth-order valence-electron chi connectivity index (χ4n) is 3.28. The predicted molar refractivity (Wildman–Crippen MR) is 119 cm³/mol. The van der Waals surface area contributed by atoms with Gasteiger partial charge in [-0.3, -0.25) is 0 Å². The molecular formula is C22H27ClN2O4S. The maximum Gasteiger partial charge on any atom is 0.283 e. The lowest BCUT2D eigenvalue weighted by atomic mass is 10.0. The molecule has 1 aliphatic rings. The van der Waals surface area contributed by atoms with Gasteiger partial charge in [0.1, 0.15) is 10.6 Å². The fourth-order valence-corrected chi connectivity index (χ4v) is 4.66. The molecular weight excluding hydrogens is 424 g/mol. The van der Waals surface area contributed by atoms with Crippen LogP contribution in [0.1, 0.15) is 37.3 Å². The van der Waals surface area contributed by atoms with Gasteiger partial charge >= 0.3 is 0 Å². The smallest absolute Gasteiger partial charge is 0.283 e. The van der Waals surface area contributed by atoms with Crippen molar-refractivity contribution in [3.8, 4) is 5.75 Å². The van der Waals surface area contributed by atoms with Crippen molar-refractivity contribution in [2.75, 3.05) is 26.9 Å². The van der Waals surface area contributed by atoms with E-state index in [0.717, 1.165) is 25.8 Å². The number of benzene rings is 2. The molecule has 162 valence electrons. The molecule has 0 bridgehead atoms. The first-order chi connectivity index (χ1) is 14.4. The monoisotopic (exact) mass is 450 g/mol. The number of sulfonamides is 1. The van der Waals surface area contributed by atoms with Gasteiger partial charge < -0.3 is 14.8 Å². The van der Waals surface area contributed by atoms with Crippen molar-refractivity contribution in [3.05, 3.63) is 58.6 Å². The number of nitrogens with zero attached hydrogens (tertiary/aromatic N) is 1. The van der Waals surface area contributed by atoms with Crippen LogP contribution in [0.5, 0.6) is 5.75 Å². The number of nitrogens with one attached hydrogen (secondary N) is 1. The second-order valence-electron chi connectivity index (χ2n) is 7.15. The molecule has 1 heterocycles. The van der Waals surface area contributed by atoms with Crippen LogP contribution in [0.25, 0.3) is 0 Å². The van der Waals surface area contributed by atoms with E-state index < -0.39 is 10.0 Å². The number of methoxy groups -OCH3 is 1. The van der Waals surface area contributed by atoms with Gasteiger partial charge in [0, 0.05) is 35.4 Å². The van der Waals surface area contributed by atoms with Crippen molar-refractivity contribution in [2.45, 2.75) is 37.1 Å². The van der Waals surface area contributed by atoms with Crippen LogP contribution in [0.3, 0.4) is 0 Å². The first-order valence-corrected chi connectivity index (χ1v) is 11.9. The summed E-state index contributed by atoms with van der Waals surface area (Å²) in [5.41, 5.74) is 1.72. The second kappa shape index (κ2) is 10.4. The molecule has 3 rings (SSSR count). The number of ether oxygens (including phenoxy) is 2. The van der Waals surface area contributed by atoms with Crippen molar-refractivity contribution in [1.82, 2.24) is 5.32 Å². The number of halogens is 1. The Kier molecular flexibility index (Phi) is 7.88. The fraction of sp³-hybridized carbons (Fsp3) is 0.409. The summed E-state index contributed by atoms with van der Waals surface area (Å²) in [6.07, 6.45) is 2.86. The largest absolute Gasteiger partial charge is 0.494 e. The summed E-state index contributed by atoms with van der Waals surface area (Å²) < 4.78 is 40.0. The van der Waals surface area contributed by atoms with Crippen molar-refractivity contribution < 1.29 is 17.9 Å². The Morgan fingerprint density at radius 3 is 2.60 bits per heavy atom. The van der Waals surface area contributed by atoms with Crippen LogP contribution in [-0.4, -0.2) is 47.0 Å². The summed E-state index contributed by atoms with van der Waals surface area (Å²) in [6, 6.07) is 12.4. The molecule has 0 radical (unpaired) electrons. The normalized spacial score (nSPS) is 15.5. The number of fused-ring (bicyclic) bond motifs is 1. The van der Waals surface area contributed by atoms with Crippen LogP contribution in [0.15, 0.2) is 51.8 Å². The molecule has 0 aromatic heterocycles. The summed E-state index contributed by atoms with van der Waals surface area (Å²) in [7, 11) is -2.03. The van der Waals surface area contributed by atoms with E-state index in [9.17, 15) is 8.42 Å². The molecule has 1 unspecified atom stereocenters. The van der Waals surface area contributed by atoms with E-state index in [1.807, 2.05) is 0 Å². The Labute approximate surface area is 183 Å². The third-order valence-corrected chi connectivity index (χ3v) is 6.52. The van der Waals surface area contributed by atoms with Crippen molar-refractivity contribution >= 4 is 27.3 Å². The van der Waals surface area contributed by atoms with Crippen LogP contribution in [-0.2, 0) is 14.8 Å². The minimum Gasteiger partial charge on any atom is -0.494 e. The van der Waals surface area contributed by atoms with E-state index in [1.165, 1.54) is 0 Å². The maximum absolute atomic E-state index is 12.5. The zero-order valence-electron chi connectivity index (χ0n) is 17.2. The van der Waals surface area contributed by atoms with Crippen LogP contribution < -0.4 is 10.1 Å². The SMILES string of the molecule is CCC(COC)NCCCCOc1ccc2c(c1)S(=O)(=O)N=C2c1ccc(Cl)cc1. The highest BCUT2D eigenvalue weighted by atomic mass is 35.5. The number of rotatable bonds is 11. The molecule has 2 aromatic rings. The van der Waals surface area contributed by atoms with E-state index in [2.05, 4.69) is 16.6 Å². The van der Waals surface area contributed by atoms with Gasteiger partial charge in [-0.15, -0.1) is 0 Å². The molecule has 0 saturated heterocycles. The lowest BCUT2D eigenvalue weighted by Gasteiger charge is -2.15. The zero-order valence-corrected chi connectivity index (χ0v) is 18.8. The number of hydrogen-bond donors (Lipinski definition) is 1. The van der Waals surface area contributed by atoms with E-state index in [0.29, 0.717) is 46.9 Å². The Hall–Kier alpha value is -1.93. The van der Waals surface area contributed by atoms with Gasteiger partial charge in [-0.1, -0.05) is 30.7 Å². The van der Waals surface area contributed by atoms with Gasteiger partial charge in [-0.2, -0.15) is 12.8 Å². The molecule has 0 aliphatic carbocycles. The summed E-state index contributed by atoms with van der Waals surface area (Å²) in [5.74, 6) is 0.531. The van der Waals surface area contributed by atoms with Crippen LogP contribution in [0.4, 0.5) is 0 Å². The van der Waals surface area contributed by atoms with E-state index in [1.54, 1.807) is 49.6 Å². The predicted octanol–water partition coefficient (Wildman–Crippen LogP) is 4.05. The van der Waals surface area contributed by atoms with Crippen LogP contribution in [0.2, 0.25) is 5.02 Å². The molecule has 0 fully saturated rings. The topological polar surface area (TPSA) is 77.0 Å². The average molecular weight is 451 g/mol. The summed E-state index contributed by atoms with van der Waals surface area (Å²) in [5, 5.41) is 4.04. The van der Waals surface area contributed by atoms with Crippen LogP contribution >= 0.6 is 11.6 Å². The summed E-state index contributed by atoms with van der Waals surface area (Å²) >= 11 is 5.93. The molecule has 30 heavy (non-hydrogen) atoms. The standard InChI is InChI=1S/C22H27ClN2O4S/c1-3-18(15-28-2)24-12-4-5-13-29-19-10-11-20-21(14-19)30(26,27)25-22(20)16-6-8-17(23)9-7-16/h6-11,14,18,24H,3-5,12-13,15H2,1-2H3.